The van der Waals surface area contributed by atoms with Crippen LogP contribution in [-0.4, -0.2) is 15.9 Å². The van der Waals surface area contributed by atoms with E-state index in [2.05, 4.69) is 20.6 Å². The number of nitrogens with zero attached hydrogens (tertiary/aromatic N) is 2. The molecule has 8 heteroatoms. The molecule has 0 atom stereocenters. The van der Waals surface area contributed by atoms with Crippen molar-refractivity contribution in [1.29, 1.82) is 0 Å². The molecule has 0 aliphatic rings. The predicted molar refractivity (Wildman–Crippen MR) is 90.1 cm³/mol. The smallest absolute Gasteiger partial charge is 0.274 e. The van der Waals surface area contributed by atoms with Crippen LogP contribution in [0, 0.1) is 17.5 Å². The molecule has 3 rings (SSSR count). The molecule has 0 aliphatic carbocycles. The maximum Gasteiger partial charge on any atom is 0.274 e. The van der Waals surface area contributed by atoms with Crippen molar-refractivity contribution in [1.82, 2.24) is 9.97 Å². The van der Waals surface area contributed by atoms with Crippen LogP contribution in [-0.2, 0) is 6.54 Å². The molecule has 0 aliphatic heterocycles. The molecule has 0 saturated carbocycles. The van der Waals surface area contributed by atoms with Crippen molar-refractivity contribution in [2.75, 3.05) is 10.6 Å². The lowest BCUT2D eigenvalue weighted by Gasteiger charge is -2.09. The van der Waals surface area contributed by atoms with Gasteiger partial charge in [0.2, 0.25) is 0 Å². The third kappa shape index (κ3) is 3.97. The molecule has 0 radical (unpaired) electrons. The van der Waals surface area contributed by atoms with Gasteiger partial charge in [-0.15, -0.1) is 0 Å². The third-order valence-corrected chi connectivity index (χ3v) is 3.48. The Kier molecular flexibility index (Phi) is 5.12. The highest BCUT2D eigenvalue weighted by atomic mass is 19.2. The zero-order valence-corrected chi connectivity index (χ0v) is 13.3. The van der Waals surface area contributed by atoms with E-state index in [9.17, 15) is 18.0 Å². The van der Waals surface area contributed by atoms with Gasteiger partial charge in [-0.1, -0.05) is 6.07 Å². The number of pyridine rings is 2. The zero-order valence-electron chi connectivity index (χ0n) is 13.3. The van der Waals surface area contributed by atoms with Crippen LogP contribution in [0.3, 0.4) is 0 Å². The van der Waals surface area contributed by atoms with Crippen LogP contribution in [0.5, 0.6) is 0 Å². The zero-order chi connectivity index (χ0) is 18.5. The van der Waals surface area contributed by atoms with Crippen LogP contribution in [0.15, 0.2) is 54.9 Å². The van der Waals surface area contributed by atoms with Crippen LogP contribution in [0.4, 0.5) is 24.5 Å². The SMILES string of the molecule is O=C(Nc1ccc(F)c(F)c1F)c1cc(NCc2ccccn2)ccn1. The van der Waals surface area contributed by atoms with Gasteiger partial charge in [0, 0.05) is 18.1 Å². The van der Waals surface area contributed by atoms with Crippen molar-refractivity contribution in [3.8, 4) is 0 Å². The lowest BCUT2D eigenvalue weighted by Crippen LogP contribution is -2.15. The number of carbonyl (C=O) groups excluding carboxylic acids is 1. The Morgan fingerprint density at radius 1 is 0.962 bits per heavy atom. The van der Waals surface area contributed by atoms with Crippen LogP contribution >= 0.6 is 0 Å². The number of hydrogen-bond acceptors (Lipinski definition) is 4. The molecule has 2 N–H and O–H groups in total. The lowest BCUT2D eigenvalue weighted by molar-refractivity contribution is 0.102. The molecule has 1 amide bonds. The van der Waals surface area contributed by atoms with Crippen LogP contribution in [0.2, 0.25) is 0 Å². The lowest BCUT2D eigenvalue weighted by atomic mass is 10.2. The number of rotatable bonds is 5. The number of carbonyl (C=O) groups is 1. The minimum Gasteiger partial charge on any atom is -0.379 e. The largest absolute Gasteiger partial charge is 0.379 e. The van der Waals surface area contributed by atoms with E-state index in [1.54, 1.807) is 18.3 Å². The highest BCUT2D eigenvalue weighted by Crippen LogP contribution is 2.20. The fraction of sp³-hybridized carbons (Fsp3) is 0.0556. The minimum atomic E-state index is -1.65. The molecule has 2 aromatic heterocycles. The average molecular weight is 358 g/mol. The summed E-state index contributed by atoms with van der Waals surface area (Å²) < 4.78 is 39.8. The molecule has 0 unspecified atom stereocenters. The fourth-order valence-electron chi connectivity index (χ4n) is 2.17. The number of benzene rings is 1. The monoisotopic (exact) mass is 358 g/mol. The van der Waals surface area contributed by atoms with Crippen molar-refractivity contribution < 1.29 is 18.0 Å². The van der Waals surface area contributed by atoms with Crippen molar-refractivity contribution >= 4 is 17.3 Å². The van der Waals surface area contributed by atoms with E-state index in [0.717, 1.165) is 17.8 Å². The second-order valence-corrected chi connectivity index (χ2v) is 5.28. The molecule has 0 bridgehead atoms. The third-order valence-electron chi connectivity index (χ3n) is 3.48. The Bertz CT molecular complexity index is 935. The Balaban J connectivity index is 1.71. The standard InChI is InChI=1S/C18H13F3N4O/c19-13-4-5-14(17(21)16(13)20)25-18(26)15-9-11(6-8-23-15)24-10-12-3-1-2-7-22-12/h1-9H,10H2,(H,23,24)(H,25,26). The number of amides is 1. The Labute approximate surface area is 146 Å². The van der Waals surface area contributed by atoms with Crippen molar-refractivity contribution in [3.05, 3.63) is 83.7 Å². The number of halogens is 3. The summed E-state index contributed by atoms with van der Waals surface area (Å²) in [5.74, 6) is -5.21. The van der Waals surface area contributed by atoms with Crippen molar-refractivity contribution in [2.45, 2.75) is 6.54 Å². The molecule has 0 saturated heterocycles. The predicted octanol–water partition coefficient (Wildman–Crippen LogP) is 3.76. The Hall–Kier alpha value is -3.42. The van der Waals surface area contributed by atoms with Crippen molar-refractivity contribution in [3.63, 3.8) is 0 Å². The van der Waals surface area contributed by atoms with E-state index in [0.29, 0.717) is 12.2 Å². The molecule has 5 nitrogen and oxygen atoms in total. The summed E-state index contributed by atoms with van der Waals surface area (Å²) in [6.07, 6.45) is 3.07. The van der Waals surface area contributed by atoms with Gasteiger partial charge in [-0.2, -0.15) is 0 Å². The Morgan fingerprint density at radius 3 is 2.58 bits per heavy atom. The van der Waals surface area contributed by atoms with E-state index in [1.165, 1.54) is 12.3 Å². The van der Waals surface area contributed by atoms with Crippen LogP contribution < -0.4 is 10.6 Å². The summed E-state index contributed by atoms with van der Waals surface area (Å²) in [6, 6.07) is 10.3. The topological polar surface area (TPSA) is 66.9 Å². The van der Waals surface area contributed by atoms with Gasteiger partial charge in [-0.25, -0.2) is 13.2 Å². The summed E-state index contributed by atoms with van der Waals surface area (Å²) in [7, 11) is 0. The van der Waals surface area contributed by atoms with Crippen LogP contribution in [0.25, 0.3) is 0 Å². The molecule has 26 heavy (non-hydrogen) atoms. The molecule has 3 aromatic rings. The molecule has 0 spiro atoms. The average Bonchev–Trinajstić information content (AvgIpc) is 2.68. The molecule has 1 aromatic carbocycles. The van der Waals surface area contributed by atoms with Gasteiger partial charge >= 0.3 is 0 Å². The van der Waals surface area contributed by atoms with Gasteiger partial charge in [0.15, 0.2) is 17.5 Å². The van der Waals surface area contributed by atoms with Gasteiger partial charge in [-0.3, -0.25) is 14.8 Å². The summed E-state index contributed by atoms with van der Waals surface area (Å²) in [5, 5.41) is 5.25. The van der Waals surface area contributed by atoms with Gasteiger partial charge in [0.05, 0.1) is 17.9 Å². The summed E-state index contributed by atoms with van der Waals surface area (Å²) in [6.45, 7) is 0.434. The van der Waals surface area contributed by atoms with Gasteiger partial charge in [-0.05, 0) is 36.4 Å². The van der Waals surface area contributed by atoms with E-state index in [4.69, 9.17) is 0 Å². The summed E-state index contributed by atoms with van der Waals surface area (Å²) in [5.41, 5.74) is 0.920. The number of hydrogen-bond donors (Lipinski definition) is 2. The van der Waals surface area contributed by atoms with Crippen LogP contribution in [0.1, 0.15) is 16.2 Å². The molecule has 132 valence electrons. The number of aromatic nitrogens is 2. The maximum absolute atomic E-state index is 13.7. The van der Waals surface area contributed by atoms with E-state index >= 15 is 0 Å². The summed E-state index contributed by atoms with van der Waals surface area (Å²) >= 11 is 0. The maximum atomic E-state index is 13.7. The van der Waals surface area contributed by atoms with E-state index in [1.807, 2.05) is 12.1 Å². The molecular weight excluding hydrogens is 345 g/mol. The van der Waals surface area contributed by atoms with Crippen molar-refractivity contribution in [2.24, 2.45) is 0 Å². The van der Waals surface area contributed by atoms with Gasteiger partial charge in [0.1, 0.15) is 5.69 Å². The minimum absolute atomic E-state index is 0.0137. The Morgan fingerprint density at radius 2 is 1.81 bits per heavy atom. The first kappa shape index (κ1) is 17.4. The normalized spacial score (nSPS) is 10.4. The second kappa shape index (κ2) is 7.64. The number of anilines is 2. The number of nitrogens with one attached hydrogen (secondary N) is 2. The highest BCUT2D eigenvalue weighted by Gasteiger charge is 2.16. The molecule has 2 heterocycles. The second-order valence-electron chi connectivity index (χ2n) is 5.28. The summed E-state index contributed by atoms with van der Waals surface area (Å²) in [4.78, 5) is 20.3. The first-order chi connectivity index (χ1) is 12.5. The first-order valence-electron chi connectivity index (χ1n) is 7.59. The molecule has 0 fully saturated rings. The van der Waals surface area contributed by atoms with Gasteiger partial charge in [0.25, 0.3) is 5.91 Å². The quantitative estimate of drug-likeness (QED) is 0.682. The first-order valence-corrected chi connectivity index (χ1v) is 7.59. The van der Waals surface area contributed by atoms with Gasteiger partial charge < -0.3 is 10.6 Å². The van der Waals surface area contributed by atoms with E-state index < -0.39 is 29.0 Å². The molecular formula is C18H13F3N4O. The highest BCUT2D eigenvalue weighted by molar-refractivity contribution is 6.03. The van der Waals surface area contributed by atoms with E-state index in [-0.39, 0.29) is 5.69 Å². The fourth-order valence-corrected chi connectivity index (χ4v) is 2.17.